The lowest BCUT2D eigenvalue weighted by Gasteiger charge is -2.31. The van der Waals surface area contributed by atoms with Crippen molar-refractivity contribution >= 4 is 0 Å². The average Bonchev–Trinajstić information content (AvgIpc) is 1.60. The first kappa shape index (κ1) is 7.03. The van der Waals surface area contributed by atoms with Crippen LogP contribution in [0.1, 0.15) is 32.6 Å². The Labute approximate surface area is 56.1 Å². The van der Waals surface area contributed by atoms with Crippen molar-refractivity contribution < 1.29 is 5.11 Å². The third kappa shape index (κ3) is 1.95. The zero-order valence-electron chi connectivity index (χ0n) is 5.93. The molecule has 9 heavy (non-hydrogen) atoms. The molecule has 0 saturated heterocycles. The average molecular weight is 129 g/mol. The summed E-state index contributed by atoms with van der Waals surface area (Å²) in [6.45, 7) is 1.87. The Morgan fingerprint density at radius 2 is 2.33 bits per heavy atom. The SMILES string of the molecule is C[C@@]1(O)CCC[C@H](N)C1. The van der Waals surface area contributed by atoms with Crippen LogP contribution in [0.4, 0.5) is 0 Å². The van der Waals surface area contributed by atoms with Crippen LogP contribution < -0.4 is 5.73 Å². The fourth-order valence-electron chi connectivity index (χ4n) is 1.51. The summed E-state index contributed by atoms with van der Waals surface area (Å²) in [5, 5.41) is 9.46. The molecule has 54 valence electrons. The van der Waals surface area contributed by atoms with E-state index in [1.54, 1.807) is 0 Å². The van der Waals surface area contributed by atoms with E-state index in [2.05, 4.69) is 0 Å². The number of hydrogen-bond donors (Lipinski definition) is 2. The van der Waals surface area contributed by atoms with Gasteiger partial charge in [0.2, 0.25) is 0 Å². The van der Waals surface area contributed by atoms with E-state index in [-0.39, 0.29) is 6.04 Å². The summed E-state index contributed by atoms with van der Waals surface area (Å²) < 4.78 is 0. The summed E-state index contributed by atoms with van der Waals surface area (Å²) >= 11 is 0. The number of aliphatic hydroxyl groups is 1. The summed E-state index contributed by atoms with van der Waals surface area (Å²) in [6, 6.07) is 0.230. The van der Waals surface area contributed by atoms with Gasteiger partial charge in [-0.05, 0) is 32.6 Å². The molecule has 0 aromatic rings. The highest BCUT2D eigenvalue weighted by atomic mass is 16.3. The maximum atomic E-state index is 9.46. The molecule has 2 nitrogen and oxygen atoms in total. The van der Waals surface area contributed by atoms with E-state index in [1.165, 1.54) is 0 Å². The van der Waals surface area contributed by atoms with Crippen LogP contribution in [0.5, 0.6) is 0 Å². The normalized spacial score (nSPS) is 45.0. The van der Waals surface area contributed by atoms with E-state index in [1.807, 2.05) is 6.92 Å². The van der Waals surface area contributed by atoms with Gasteiger partial charge in [0, 0.05) is 6.04 Å². The minimum absolute atomic E-state index is 0.230. The highest BCUT2D eigenvalue weighted by molar-refractivity contribution is 4.83. The zero-order valence-corrected chi connectivity index (χ0v) is 5.93. The van der Waals surface area contributed by atoms with Crippen LogP contribution in [-0.4, -0.2) is 16.7 Å². The van der Waals surface area contributed by atoms with Crippen LogP contribution in [0, 0.1) is 0 Å². The highest BCUT2D eigenvalue weighted by Gasteiger charge is 2.27. The van der Waals surface area contributed by atoms with E-state index in [0.29, 0.717) is 0 Å². The smallest absolute Gasteiger partial charge is 0.0634 e. The fourth-order valence-corrected chi connectivity index (χ4v) is 1.51. The molecule has 0 aromatic heterocycles. The molecule has 3 N–H and O–H groups in total. The minimum Gasteiger partial charge on any atom is -0.390 e. The van der Waals surface area contributed by atoms with Crippen LogP contribution in [0.3, 0.4) is 0 Å². The molecule has 0 spiro atoms. The van der Waals surface area contributed by atoms with Gasteiger partial charge < -0.3 is 10.8 Å². The molecule has 1 rings (SSSR count). The second-order valence-corrected chi connectivity index (χ2v) is 3.35. The lowest BCUT2D eigenvalue weighted by atomic mass is 9.84. The van der Waals surface area contributed by atoms with E-state index in [9.17, 15) is 5.11 Å². The summed E-state index contributed by atoms with van der Waals surface area (Å²) in [6.07, 6.45) is 3.85. The number of nitrogens with two attached hydrogens (primary N) is 1. The first-order valence-corrected chi connectivity index (χ1v) is 3.58. The summed E-state index contributed by atoms with van der Waals surface area (Å²) in [5.74, 6) is 0. The maximum absolute atomic E-state index is 9.46. The predicted molar refractivity (Wildman–Crippen MR) is 37.1 cm³/mol. The van der Waals surface area contributed by atoms with Gasteiger partial charge in [-0.1, -0.05) is 0 Å². The first-order valence-electron chi connectivity index (χ1n) is 3.58. The van der Waals surface area contributed by atoms with Gasteiger partial charge in [-0.2, -0.15) is 0 Å². The molecule has 1 fully saturated rings. The molecule has 2 heteroatoms. The molecule has 0 unspecified atom stereocenters. The van der Waals surface area contributed by atoms with Crippen LogP contribution >= 0.6 is 0 Å². The summed E-state index contributed by atoms with van der Waals surface area (Å²) in [5.41, 5.74) is 5.18. The zero-order chi connectivity index (χ0) is 6.91. The highest BCUT2D eigenvalue weighted by Crippen LogP contribution is 2.26. The Morgan fingerprint density at radius 1 is 1.67 bits per heavy atom. The molecule has 0 amide bonds. The van der Waals surface area contributed by atoms with E-state index in [0.717, 1.165) is 25.7 Å². The van der Waals surface area contributed by atoms with Crippen molar-refractivity contribution in [3.8, 4) is 0 Å². The standard InChI is InChI=1S/C7H15NO/c1-7(9)4-2-3-6(8)5-7/h6,9H,2-5,8H2,1H3/t6-,7+/m0/s1. The summed E-state index contributed by atoms with van der Waals surface area (Å²) in [7, 11) is 0. The van der Waals surface area contributed by atoms with Gasteiger partial charge in [-0.25, -0.2) is 0 Å². The third-order valence-corrected chi connectivity index (χ3v) is 1.99. The fraction of sp³-hybridized carbons (Fsp3) is 1.00. The molecular weight excluding hydrogens is 114 g/mol. The van der Waals surface area contributed by atoms with Crippen molar-refractivity contribution in [3.05, 3.63) is 0 Å². The van der Waals surface area contributed by atoms with Crippen molar-refractivity contribution in [2.45, 2.75) is 44.2 Å². The molecular formula is C7H15NO. The largest absolute Gasteiger partial charge is 0.390 e. The first-order chi connectivity index (χ1) is 4.10. The minimum atomic E-state index is -0.475. The lowest BCUT2D eigenvalue weighted by Crippen LogP contribution is -2.38. The monoisotopic (exact) mass is 129 g/mol. The Hall–Kier alpha value is -0.0800. The van der Waals surface area contributed by atoms with Crippen molar-refractivity contribution in [1.29, 1.82) is 0 Å². The van der Waals surface area contributed by atoms with Gasteiger partial charge in [0.25, 0.3) is 0 Å². The number of rotatable bonds is 0. The second-order valence-electron chi connectivity index (χ2n) is 3.35. The lowest BCUT2D eigenvalue weighted by molar-refractivity contribution is 0.0156. The van der Waals surface area contributed by atoms with Crippen molar-refractivity contribution in [2.75, 3.05) is 0 Å². The van der Waals surface area contributed by atoms with Crippen molar-refractivity contribution in [1.82, 2.24) is 0 Å². The molecule has 1 saturated carbocycles. The van der Waals surface area contributed by atoms with Gasteiger partial charge in [0.15, 0.2) is 0 Å². The third-order valence-electron chi connectivity index (χ3n) is 1.99. The Bertz CT molecular complexity index is 101. The molecule has 1 aliphatic rings. The molecule has 2 atom stereocenters. The predicted octanol–water partition coefficient (Wildman–Crippen LogP) is 0.639. The molecule has 0 heterocycles. The second kappa shape index (κ2) is 2.27. The quantitative estimate of drug-likeness (QED) is 0.504. The molecule has 0 bridgehead atoms. The Morgan fingerprint density at radius 3 is 2.67 bits per heavy atom. The van der Waals surface area contributed by atoms with Crippen LogP contribution in [0.25, 0.3) is 0 Å². The van der Waals surface area contributed by atoms with Gasteiger partial charge >= 0.3 is 0 Å². The van der Waals surface area contributed by atoms with Gasteiger partial charge in [-0.3, -0.25) is 0 Å². The van der Waals surface area contributed by atoms with Gasteiger partial charge in [0.1, 0.15) is 0 Å². The summed E-state index contributed by atoms with van der Waals surface area (Å²) in [4.78, 5) is 0. The van der Waals surface area contributed by atoms with Crippen molar-refractivity contribution in [3.63, 3.8) is 0 Å². The van der Waals surface area contributed by atoms with E-state index in [4.69, 9.17) is 5.73 Å². The molecule has 0 radical (unpaired) electrons. The van der Waals surface area contributed by atoms with E-state index >= 15 is 0 Å². The Balaban J connectivity index is 2.41. The van der Waals surface area contributed by atoms with Crippen LogP contribution in [0.2, 0.25) is 0 Å². The molecule has 0 aliphatic heterocycles. The van der Waals surface area contributed by atoms with Crippen LogP contribution in [-0.2, 0) is 0 Å². The molecule has 0 aromatic carbocycles. The van der Waals surface area contributed by atoms with Crippen LogP contribution in [0.15, 0.2) is 0 Å². The van der Waals surface area contributed by atoms with Gasteiger partial charge in [0.05, 0.1) is 5.60 Å². The molecule has 1 aliphatic carbocycles. The number of hydrogen-bond acceptors (Lipinski definition) is 2. The Kier molecular flexibility index (Phi) is 1.78. The van der Waals surface area contributed by atoms with Crippen molar-refractivity contribution in [2.24, 2.45) is 5.73 Å². The topological polar surface area (TPSA) is 46.2 Å². The van der Waals surface area contributed by atoms with Gasteiger partial charge in [-0.15, -0.1) is 0 Å². The maximum Gasteiger partial charge on any atom is 0.0634 e. The van der Waals surface area contributed by atoms with E-state index < -0.39 is 5.60 Å².